The molecule has 26 heavy (non-hydrogen) atoms. The lowest BCUT2D eigenvalue weighted by Crippen LogP contribution is -2.46. The zero-order valence-electron chi connectivity index (χ0n) is 15.7. The maximum atomic E-state index is 13.2. The lowest BCUT2D eigenvalue weighted by Gasteiger charge is -2.38. The fraction of sp³-hybridized carbons (Fsp3) is 0.600. The van der Waals surface area contributed by atoms with Gasteiger partial charge in [-0.05, 0) is 51.7 Å². The Morgan fingerprint density at radius 2 is 2.08 bits per heavy atom. The zero-order valence-corrected chi connectivity index (χ0v) is 15.7. The van der Waals surface area contributed by atoms with Gasteiger partial charge in [0.2, 0.25) is 11.8 Å². The molecule has 0 N–H and O–H groups in total. The van der Waals surface area contributed by atoms with Crippen molar-refractivity contribution >= 4 is 5.91 Å². The molecule has 0 spiro atoms. The molecular weight excluding hydrogens is 328 g/mol. The summed E-state index contributed by atoms with van der Waals surface area (Å²) in [5.41, 5.74) is 2.67. The van der Waals surface area contributed by atoms with Crippen molar-refractivity contribution < 1.29 is 9.21 Å². The van der Waals surface area contributed by atoms with Gasteiger partial charge in [-0.25, -0.2) is 0 Å². The number of carbonyl (C=O) groups is 1. The van der Waals surface area contributed by atoms with Crippen LogP contribution < -0.4 is 0 Å². The summed E-state index contributed by atoms with van der Waals surface area (Å²) in [4.78, 5) is 19.8. The molecule has 1 saturated carbocycles. The quantitative estimate of drug-likeness (QED) is 0.838. The first-order chi connectivity index (χ1) is 12.6. The van der Waals surface area contributed by atoms with Crippen LogP contribution in [0.5, 0.6) is 0 Å². The molecular formula is C20H26N4O2. The van der Waals surface area contributed by atoms with Gasteiger partial charge in [-0.1, -0.05) is 6.92 Å². The first-order valence-electron chi connectivity index (χ1n) is 9.69. The maximum absolute atomic E-state index is 13.2. The molecule has 2 fully saturated rings. The van der Waals surface area contributed by atoms with Gasteiger partial charge in [0, 0.05) is 30.6 Å². The highest BCUT2D eigenvalue weighted by Gasteiger charge is 2.36. The van der Waals surface area contributed by atoms with Crippen LogP contribution in [0.15, 0.2) is 16.5 Å². The third kappa shape index (κ3) is 3.13. The second-order valence-corrected chi connectivity index (χ2v) is 7.52. The number of hydrogen-bond donors (Lipinski definition) is 0. The number of amides is 1. The molecule has 2 aromatic heterocycles. The van der Waals surface area contributed by atoms with Gasteiger partial charge in [-0.15, -0.1) is 10.2 Å². The van der Waals surface area contributed by atoms with E-state index in [4.69, 9.17) is 4.42 Å². The van der Waals surface area contributed by atoms with E-state index in [1.54, 1.807) is 0 Å². The molecule has 3 heterocycles. The van der Waals surface area contributed by atoms with Crippen molar-refractivity contribution in [2.75, 3.05) is 6.54 Å². The molecule has 4 rings (SSSR count). The van der Waals surface area contributed by atoms with Crippen LogP contribution in [0.4, 0.5) is 0 Å². The third-order valence-electron chi connectivity index (χ3n) is 5.68. The summed E-state index contributed by atoms with van der Waals surface area (Å²) in [6.07, 6.45) is 5.07. The van der Waals surface area contributed by atoms with Crippen LogP contribution in [0.25, 0.3) is 0 Å². The van der Waals surface area contributed by atoms with E-state index in [9.17, 15) is 4.79 Å². The molecule has 6 nitrogen and oxygen atoms in total. The minimum atomic E-state index is 0.0314. The Bertz CT molecular complexity index is 812. The van der Waals surface area contributed by atoms with E-state index in [-0.39, 0.29) is 17.9 Å². The fourth-order valence-corrected chi connectivity index (χ4v) is 3.89. The van der Waals surface area contributed by atoms with Gasteiger partial charge in [0.15, 0.2) is 0 Å². The van der Waals surface area contributed by atoms with Gasteiger partial charge in [0.25, 0.3) is 5.91 Å². The van der Waals surface area contributed by atoms with Gasteiger partial charge in [0.05, 0.1) is 17.2 Å². The molecule has 1 aliphatic carbocycles. The summed E-state index contributed by atoms with van der Waals surface area (Å²) in [5.74, 6) is 2.07. The molecule has 6 heteroatoms. The van der Waals surface area contributed by atoms with Crippen molar-refractivity contribution in [1.82, 2.24) is 20.1 Å². The van der Waals surface area contributed by atoms with E-state index in [0.717, 1.165) is 37.2 Å². The van der Waals surface area contributed by atoms with Gasteiger partial charge >= 0.3 is 0 Å². The van der Waals surface area contributed by atoms with E-state index < -0.39 is 0 Å². The molecule has 1 saturated heterocycles. The normalized spacial score (nSPS) is 23.3. The van der Waals surface area contributed by atoms with Gasteiger partial charge in [-0.3, -0.25) is 9.78 Å². The number of rotatable bonds is 4. The number of hydrogen-bond acceptors (Lipinski definition) is 5. The highest BCUT2D eigenvalue weighted by Crippen LogP contribution is 2.39. The van der Waals surface area contributed by atoms with E-state index in [1.807, 2.05) is 30.9 Å². The van der Waals surface area contributed by atoms with E-state index in [2.05, 4.69) is 22.1 Å². The average molecular weight is 354 g/mol. The zero-order chi connectivity index (χ0) is 18.3. The number of aromatic nitrogens is 3. The topological polar surface area (TPSA) is 72.1 Å². The van der Waals surface area contributed by atoms with E-state index >= 15 is 0 Å². The second-order valence-electron chi connectivity index (χ2n) is 7.52. The van der Waals surface area contributed by atoms with Crippen LogP contribution >= 0.6 is 0 Å². The standard InChI is InChI=1S/C20H26N4O2/c1-4-18-22-23-19(26-18)16-6-5-11-24(13(16)3)20(25)15-9-10-17(14-7-8-14)21-12(15)2/h9-10,13-14,16H,4-8,11H2,1-3H3/t13-,16-/m0/s1. The highest BCUT2D eigenvalue weighted by atomic mass is 16.4. The van der Waals surface area contributed by atoms with Crippen LogP contribution in [-0.2, 0) is 6.42 Å². The first kappa shape index (κ1) is 17.2. The summed E-state index contributed by atoms with van der Waals surface area (Å²) in [6.45, 7) is 6.78. The van der Waals surface area contributed by atoms with Gasteiger partial charge < -0.3 is 9.32 Å². The summed E-state index contributed by atoms with van der Waals surface area (Å²) >= 11 is 0. The molecule has 2 aromatic rings. The Morgan fingerprint density at radius 1 is 1.27 bits per heavy atom. The summed E-state index contributed by atoms with van der Waals surface area (Å²) in [7, 11) is 0. The minimum absolute atomic E-state index is 0.0314. The number of aryl methyl sites for hydroxylation is 2. The summed E-state index contributed by atoms with van der Waals surface area (Å²) in [6, 6.07) is 4.01. The van der Waals surface area contributed by atoms with Crippen LogP contribution in [0.3, 0.4) is 0 Å². The molecule has 2 aliphatic rings. The Hall–Kier alpha value is -2.24. The highest BCUT2D eigenvalue weighted by molar-refractivity contribution is 5.95. The number of nitrogens with zero attached hydrogens (tertiary/aromatic N) is 4. The Morgan fingerprint density at radius 3 is 2.73 bits per heavy atom. The average Bonchev–Trinajstić information content (AvgIpc) is 3.39. The monoisotopic (exact) mass is 354 g/mol. The van der Waals surface area contributed by atoms with Crippen molar-refractivity contribution in [2.45, 2.75) is 70.8 Å². The molecule has 1 aliphatic heterocycles. The second kappa shape index (κ2) is 6.82. The molecule has 138 valence electrons. The molecule has 0 aromatic carbocycles. The van der Waals surface area contributed by atoms with Crippen molar-refractivity contribution in [1.29, 1.82) is 0 Å². The SMILES string of the molecule is CCc1nnc([C@H]2CCCN(C(=O)c3ccc(C4CC4)nc3C)[C@H]2C)o1. The molecule has 0 unspecified atom stereocenters. The number of carbonyl (C=O) groups excluding carboxylic acids is 1. The lowest BCUT2D eigenvalue weighted by atomic mass is 9.89. The molecule has 0 radical (unpaired) electrons. The Balaban J connectivity index is 1.55. The Labute approximate surface area is 154 Å². The smallest absolute Gasteiger partial charge is 0.255 e. The number of piperidine rings is 1. The van der Waals surface area contributed by atoms with Crippen LogP contribution in [-0.4, -0.2) is 38.6 Å². The predicted molar refractivity (Wildman–Crippen MR) is 97.1 cm³/mol. The molecule has 0 bridgehead atoms. The van der Waals surface area contributed by atoms with E-state index in [1.165, 1.54) is 12.8 Å². The fourth-order valence-electron chi connectivity index (χ4n) is 3.89. The van der Waals surface area contributed by atoms with Crippen LogP contribution in [0.1, 0.15) is 84.9 Å². The minimum Gasteiger partial charge on any atom is -0.425 e. The van der Waals surface area contributed by atoms with Crippen molar-refractivity contribution in [2.24, 2.45) is 0 Å². The summed E-state index contributed by atoms with van der Waals surface area (Å²) < 4.78 is 5.78. The Kier molecular flexibility index (Phi) is 4.51. The largest absolute Gasteiger partial charge is 0.425 e. The van der Waals surface area contributed by atoms with Gasteiger partial charge in [-0.2, -0.15) is 0 Å². The van der Waals surface area contributed by atoms with Crippen LogP contribution in [0, 0.1) is 6.92 Å². The van der Waals surface area contributed by atoms with Crippen molar-refractivity contribution in [3.05, 3.63) is 40.9 Å². The predicted octanol–water partition coefficient (Wildman–Crippen LogP) is 3.62. The van der Waals surface area contributed by atoms with Crippen LogP contribution in [0.2, 0.25) is 0 Å². The first-order valence-corrected chi connectivity index (χ1v) is 9.69. The number of pyridine rings is 1. The third-order valence-corrected chi connectivity index (χ3v) is 5.68. The van der Waals surface area contributed by atoms with E-state index in [0.29, 0.717) is 23.3 Å². The lowest BCUT2D eigenvalue weighted by molar-refractivity contribution is 0.0581. The molecule has 1 amide bonds. The van der Waals surface area contributed by atoms with Crippen molar-refractivity contribution in [3.8, 4) is 0 Å². The number of likely N-dealkylation sites (tertiary alicyclic amines) is 1. The molecule has 2 atom stereocenters. The summed E-state index contributed by atoms with van der Waals surface area (Å²) in [5, 5.41) is 8.30. The van der Waals surface area contributed by atoms with Gasteiger partial charge in [0.1, 0.15) is 0 Å². The maximum Gasteiger partial charge on any atom is 0.255 e. The van der Waals surface area contributed by atoms with Crippen molar-refractivity contribution in [3.63, 3.8) is 0 Å².